The zero-order valence-corrected chi connectivity index (χ0v) is 22.2. The standard InChI is InChI=1S/C26H32N4O3.C2HF3O2/c1-33-22-7-4-6-20(14-22)24(31)29-13-5-11-26(25(32)28-15-19-9-10-19)18-30(17-21(26)16-29)23-8-2-3-12-27-23;3-2(4,5)1(6)7/h2-4,6-8,12,14,19,21H,5,9-11,13,15-18H2,1H3,(H,28,32);(H,6,7)/t21-,26-;/m0./s1. The van der Waals surface area contributed by atoms with Gasteiger partial charge in [0.1, 0.15) is 11.6 Å². The number of carboxylic acids is 1. The molecule has 3 fully saturated rings. The van der Waals surface area contributed by atoms with Crippen molar-refractivity contribution in [3.05, 3.63) is 54.2 Å². The van der Waals surface area contributed by atoms with Crippen molar-refractivity contribution in [1.29, 1.82) is 0 Å². The minimum absolute atomic E-state index is 0.000579. The number of rotatable bonds is 6. The summed E-state index contributed by atoms with van der Waals surface area (Å²) in [5.41, 5.74) is 0.120. The second-order valence-corrected chi connectivity index (χ2v) is 10.5. The number of nitrogens with one attached hydrogen (secondary N) is 1. The maximum absolute atomic E-state index is 13.6. The van der Waals surface area contributed by atoms with Crippen LogP contribution in [-0.4, -0.2) is 78.8 Å². The summed E-state index contributed by atoms with van der Waals surface area (Å²) in [5, 5.41) is 10.4. The number of carboxylic acid groups (broad SMARTS) is 1. The lowest BCUT2D eigenvalue weighted by molar-refractivity contribution is -0.192. The highest BCUT2D eigenvalue weighted by atomic mass is 19.4. The SMILES string of the molecule is COc1cccc(C(=O)N2CCC[C@]3(C(=O)NCC4CC4)CN(c4ccccn4)C[C@@H]3C2)c1.O=C(O)C(F)(F)F. The molecule has 3 aliphatic rings. The van der Waals surface area contributed by atoms with Crippen molar-refractivity contribution in [2.45, 2.75) is 31.9 Å². The molecule has 2 amide bonds. The van der Waals surface area contributed by atoms with E-state index >= 15 is 0 Å². The first-order chi connectivity index (χ1) is 19.0. The lowest BCUT2D eigenvalue weighted by Crippen LogP contribution is -2.48. The van der Waals surface area contributed by atoms with Crippen molar-refractivity contribution in [3.63, 3.8) is 0 Å². The van der Waals surface area contributed by atoms with Crippen LogP contribution in [0.4, 0.5) is 19.0 Å². The summed E-state index contributed by atoms with van der Waals surface area (Å²) in [5.74, 6) is -0.359. The number of benzene rings is 1. The number of anilines is 1. The molecular formula is C28H33F3N4O5. The Morgan fingerprint density at radius 2 is 1.90 bits per heavy atom. The van der Waals surface area contributed by atoms with Crippen LogP contribution in [0.5, 0.6) is 5.75 Å². The van der Waals surface area contributed by atoms with Crippen LogP contribution in [0.25, 0.3) is 0 Å². The summed E-state index contributed by atoms with van der Waals surface area (Å²) in [6.07, 6.45) is 0.708. The molecule has 1 aliphatic carbocycles. The van der Waals surface area contributed by atoms with Crippen LogP contribution < -0.4 is 15.0 Å². The number of alkyl halides is 3. The van der Waals surface area contributed by atoms with Crippen molar-refractivity contribution in [2.24, 2.45) is 17.3 Å². The van der Waals surface area contributed by atoms with Crippen LogP contribution in [-0.2, 0) is 9.59 Å². The number of nitrogens with zero attached hydrogens (tertiary/aromatic N) is 3. The number of pyridine rings is 1. The van der Waals surface area contributed by atoms with E-state index in [0.29, 0.717) is 36.9 Å². The molecule has 2 saturated heterocycles. The summed E-state index contributed by atoms with van der Waals surface area (Å²) >= 11 is 0. The predicted molar refractivity (Wildman–Crippen MR) is 140 cm³/mol. The monoisotopic (exact) mass is 562 g/mol. The van der Waals surface area contributed by atoms with Crippen molar-refractivity contribution < 1.29 is 37.4 Å². The first-order valence-electron chi connectivity index (χ1n) is 13.2. The van der Waals surface area contributed by atoms with Crippen LogP contribution in [0.15, 0.2) is 48.7 Å². The number of carbonyl (C=O) groups excluding carboxylic acids is 2. The maximum atomic E-state index is 13.6. The molecule has 0 bridgehead atoms. The molecular weight excluding hydrogens is 529 g/mol. The molecule has 0 unspecified atom stereocenters. The number of aromatic nitrogens is 1. The third-order valence-corrected chi connectivity index (χ3v) is 7.71. The van der Waals surface area contributed by atoms with Gasteiger partial charge in [-0.05, 0) is 61.9 Å². The number of amides is 2. The van der Waals surface area contributed by atoms with E-state index in [1.165, 1.54) is 12.8 Å². The zero-order valence-electron chi connectivity index (χ0n) is 22.2. The molecule has 40 heavy (non-hydrogen) atoms. The molecule has 5 rings (SSSR count). The second kappa shape index (κ2) is 12.1. The summed E-state index contributed by atoms with van der Waals surface area (Å²) < 4.78 is 37.0. The summed E-state index contributed by atoms with van der Waals surface area (Å²) in [4.78, 5) is 44.6. The molecule has 1 aromatic carbocycles. The largest absolute Gasteiger partial charge is 0.497 e. The van der Waals surface area contributed by atoms with Crippen LogP contribution in [0.2, 0.25) is 0 Å². The number of likely N-dealkylation sites (tertiary alicyclic amines) is 1. The van der Waals surface area contributed by atoms with Crippen LogP contribution in [0.3, 0.4) is 0 Å². The lowest BCUT2D eigenvalue weighted by Gasteiger charge is -2.32. The Morgan fingerprint density at radius 1 is 1.15 bits per heavy atom. The van der Waals surface area contributed by atoms with Crippen LogP contribution in [0, 0.1) is 17.3 Å². The third-order valence-electron chi connectivity index (χ3n) is 7.71. The average molecular weight is 563 g/mol. The highest BCUT2D eigenvalue weighted by Gasteiger charge is 2.54. The third kappa shape index (κ3) is 6.83. The summed E-state index contributed by atoms with van der Waals surface area (Å²) in [7, 11) is 1.61. The van der Waals surface area contributed by atoms with Crippen LogP contribution >= 0.6 is 0 Å². The van der Waals surface area contributed by atoms with E-state index in [9.17, 15) is 22.8 Å². The van der Waals surface area contributed by atoms with Crippen molar-refractivity contribution in [3.8, 4) is 5.75 Å². The van der Waals surface area contributed by atoms with E-state index in [4.69, 9.17) is 14.6 Å². The Kier molecular flexibility index (Phi) is 8.85. The van der Waals surface area contributed by atoms with Gasteiger partial charge >= 0.3 is 12.1 Å². The van der Waals surface area contributed by atoms with Gasteiger partial charge in [-0.25, -0.2) is 9.78 Å². The van der Waals surface area contributed by atoms with Gasteiger partial charge in [-0.2, -0.15) is 13.2 Å². The Hall–Kier alpha value is -3.83. The fourth-order valence-electron chi connectivity index (χ4n) is 5.38. The van der Waals surface area contributed by atoms with Gasteiger partial charge in [0.2, 0.25) is 5.91 Å². The molecule has 0 spiro atoms. The first kappa shape index (κ1) is 29.2. The topological polar surface area (TPSA) is 112 Å². The number of hydrogen-bond acceptors (Lipinski definition) is 6. The smallest absolute Gasteiger partial charge is 0.490 e. The molecule has 1 aromatic heterocycles. The molecule has 2 atom stereocenters. The molecule has 2 N–H and O–H groups in total. The highest BCUT2D eigenvalue weighted by molar-refractivity contribution is 5.95. The van der Waals surface area contributed by atoms with Crippen molar-refractivity contribution in [2.75, 3.05) is 44.7 Å². The van der Waals surface area contributed by atoms with Gasteiger partial charge < -0.3 is 25.0 Å². The fraction of sp³-hybridized carbons (Fsp3) is 0.500. The minimum Gasteiger partial charge on any atom is -0.497 e. The van der Waals surface area contributed by atoms with Gasteiger partial charge in [0, 0.05) is 50.4 Å². The highest BCUT2D eigenvalue weighted by Crippen LogP contribution is 2.44. The second-order valence-electron chi connectivity index (χ2n) is 10.5. The van der Waals surface area contributed by atoms with E-state index < -0.39 is 17.6 Å². The van der Waals surface area contributed by atoms with Gasteiger partial charge in [-0.3, -0.25) is 9.59 Å². The maximum Gasteiger partial charge on any atom is 0.490 e. The van der Waals surface area contributed by atoms with E-state index in [1.54, 1.807) is 19.4 Å². The van der Waals surface area contributed by atoms with E-state index in [0.717, 1.165) is 31.7 Å². The molecule has 2 aromatic rings. The first-order valence-corrected chi connectivity index (χ1v) is 13.2. The average Bonchev–Trinajstić information content (AvgIpc) is 3.74. The number of ether oxygens (including phenoxy) is 1. The number of halogens is 3. The molecule has 2 aliphatic heterocycles. The Balaban J connectivity index is 0.000000470. The number of hydrogen-bond donors (Lipinski definition) is 2. The summed E-state index contributed by atoms with van der Waals surface area (Å²) in [6.45, 7) is 3.36. The number of aliphatic carboxylic acids is 1. The zero-order chi connectivity index (χ0) is 28.9. The van der Waals surface area contributed by atoms with E-state index in [2.05, 4.69) is 15.2 Å². The number of methoxy groups -OCH3 is 1. The van der Waals surface area contributed by atoms with E-state index in [-0.39, 0.29) is 17.7 Å². The molecule has 216 valence electrons. The number of carbonyl (C=O) groups is 3. The van der Waals surface area contributed by atoms with Crippen LogP contribution in [0.1, 0.15) is 36.0 Å². The fourth-order valence-corrected chi connectivity index (χ4v) is 5.38. The van der Waals surface area contributed by atoms with Gasteiger partial charge in [-0.15, -0.1) is 0 Å². The quantitative estimate of drug-likeness (QED) is 0.553. The van der Waals surface area contributed by atoms with Gasteiger partial charge in [-0.1, -0.05) is 12.1 Å². The van der Waals surface area contributed by atoms with Crippen molar-refractivity contribution in [1.82, 2.24) is 15.2 Å². The molecule has 3 heterocycles. The summed E-state index contributed by atoms with van der Waals surface area (Å²) in [6, 6.07) is 13.2. The molecule has 12 heteroatoms. The van der Waals surface area contributed by atoms with Gasteiger partial charge in [0.05, 0.1) is 12.5 Å². The minimum atomic E-state index is -5.08. The number of fused-ring (bicyclic) bond motifs is 1. The predicted octanol–water partition coefficient (Wildman–Crippen LogP) is 3.61. The molecule has 9 nitrogen and oxygen atoms in total. The normalized spacial score (nSPS) is 22.4. The van der Waals surface area contributed by atoms with E-state index in [1.807, 2.05) is 41.3 Å². The molecule has 0 radical (unpaired) electrons. The Labute approximate surface area is 230 Å². The van der Waals surface area contributed by atoms with Gasteiger partial charge in [0.25, 0.3) is 5.91 Å². The Morgan fingerprint density at radius 3 is 2.52 bits per heavy atom. The van der Waals surface area contributed by atoms with Crippen molar-refractivity contribution >= 4 is 23.6 Å². The lowest BCUT2D eigenvalue weighted by atomic mass is 9.74. The molecule has 1 saturated carbocycles. The van der Waals surface area contributed by atoms with Gasteiger partial charge in [0.15, 0.2) is 0 Å². The Bertz CT molecular complexity index is 1210.